The summed E-state index contributed by atoms with van der Waals surface area (Å²) < 4.78 is 17.2. The van der Waals surface area contributed by atoms with E-state index in [1.807, 2.05) is 0 Å². The third-order valence-corrected chi connectivity index (χ3v) is 10.7. The maximum absolute atomic E-state index is 12.8. The van der Waals surface area contributed by atoms with Crippen molar-refractivity contribution in [2.24, 2.45) is 0 Å². The molecule has 0 aromatic heterocycles. The zero-order valence-electron chi connectivity index (χ0n) is 38.9. The second-order valence-corrected chi connectivity index (χ2v) is 17.3. The summed E-state index contributed by atoms with van der Waals surface area (Å²) in [7, 11) is 5.41. The molecule has 0 bridgehead atoms. The largest absolute Gasteiger partial charge is 0.544 e. The highest BCUT2D eigenvalue weighted by Crippen LogP contribution is 2.14. The fourth-order valence-corrected chi connectivity index (χ4v) is 6.90. The molecule has 0 N–H and O–H groups in total. The van der Waals surface area contributed by atoms with Gasteiger partial charge in [-0.2, -0.15) is 0 Å². The Bertz CT molecular complexity index is 1110. The maximum atomic E-state index is 12.8. The van der Waals surface area contributed by atoms with E-state index in [0.717, 1.165) is 64.2 Å². The average molecular weight is 830 g/mol. The van der Waals surface area contributed by atoms with Crippen molar-refractivity contribution < 1.29 is 38.2 Å². The number of quaternary nitrogens is 1. The van der Waals surface area contributed by atoms with Crippen molar-refractivity contribution in [2.75, 3.05) is 41.0 Å². The SMILES string of the molecule is CCCCC/C=C\C/C=C\CCCCCCCCCC(=O)OCC(COCCC(C(=O)[O-])[N+](C)(C)C)OC(=O)CCCCCCCCC/C=C\C/C=C\CCCCCC. The van der Waals surface area contributed by atoms with Gasteiger partial charge in [-0.05, 0) is 77.0 Å². The van der Waals surface area contributed by atoms with Crippen LogP contribution in [0.2, 0.25) is 0 Å². The number of hydrogen-bond donors (Lipinski definition) is 0. The van der Waals surface area contributed by atoms with Crippen molar-refractivity contribution in [3.05, 3.63) is 48.6 Å². The van der Waals surface area contributed by atoms with E-state index in [0.29, 0.717) is 12.8 Å². The predicted molar refractivity (Wildman–Crippen MR) is 245 cm³/mol. The smallest absolute Gasteiger partial charge is 0.306 e. The van der Waals surface area contributed by atoms with Gasteiger partial charge in [0.2, 0.25) is 0 Å². The lowest BCUT2D eigenvalue weighted by atomic mass is 10.1. The molecule has 0 aromatic carbocycles. The van der Waals surface area contributed by atoms with Crippen LogP contribution in [-0.4, -0.2) is 75.5 Å². The molecule has 0 aromatic rings. The minimum atomic E-state index is -1.13. The first kappa shape index (κ1) is 56.3. The molecule has 342 valence electrons. The van der Waals surface area contributed by atoms with Gasteiger partial charge in [0.15, 0.2) is 6.10 Å². The number of hydrogen-bond acceptors (Lipinski definition) is 7. The first-order chi connectivity index (χ1) is 28.6. The second-order valence-electron chi connectivity index (χ2n) is 17.3. The number of allylic oxidation sites excluding steroid dienone is 8. The van der Waals surface area contributed by atoms with Crippen molar-refractivity contribution in [3.63, 3.8) is 0 Å². The van der Waals surface area contributed by atoms with Gasteiger partial charge < -0.3 is 28.6 Å². The molecule has 0 aliphatic heterocycles. The van der Waals surface area contributed by atoms with Crippen LogP contribution in [0.4, 0.5) is 0 Å². The van der Waals surface area contributed by atoms with Gasteiger partial charge in [-0.25, -0.2) is 0 Å². The lowest BCUT2D eigenvalue weighted by Crippen LogP contribution is -2.55. The van der Waals surface area contributed by atoms with Crippen LogP contribution >= 0.6 is 0 Å². The summed E-state index contributed by atoms with van der Waals surface area (Å²) in [6.07, 6.45) is 49.8. The number of carbonyl (C=O) groups is 3. The Hall–Kier alpha value is -2.71. The number of ether oxygens (including phenoxy) is 3. The zero-order chi connectivity index (χ0) is 43.5. The van der Waals surface area contributed by atoms with Crippen LogP contribution in [0.5, 0.6) is 0 Å². The lowest BCUT2D eigenvalue weighted by Gasteiger charge is -2.34. The van der Waals surface area contributed by atoms with E-state index >= 15 is 0 Å². The third kappa shape index (κ3) is 40.5. The Kier molecular flexibility index (Phi) is 40.1. The molecule has 0 amide bonds. The summed E-state index contributed by atoms with van der Waals surface area (Å²) in [4.78, 5) is 37.0. The average Bonchev–Trinajstić information content (AvgIpc) is 3.19. The zero-order valence-corrected chi connectivity index (χ0v) is 38.9. The first-order valence-corrected chi connectivity index (χ1v) is 24.2. The van der Waals surface area contributed by atoms with Gasteiger partial charge >= 0.3 is 11.9 Å². The van der Waals surface area contributed by atoms with Gasteiger partial charge in [-0.1, -0.05) is 159 Å². The number of likely N-dealkylation sites (N-methyl/N-ethyl adjacent to an activating group) is 1. The summed E-state index contributed by atoms with van der Waals surface area (Å²) in [6.45, 7) is 4.61. The van der Waals surface area contributed by atoms with Crippen LogP contribution in [-0.2, 0) is 28.6 Å². The van der Waals surface area contributed by atoms with Crippen molar-refractivity contribution in [2.45, 2.75) is 219 Å². The third-order valence-electron chi connectivity index (χ3n) is 10.7. The topological polar surface area (TPSA) is 102 Å². The fraction of sp³-hybridized carbons (Fsp3) is 0.784. The molecule has 0 aliphatic rings. The van der Waals surface area contributed by atoms with Crippen LogP contribution in [0, 0.1) is 0 Å². The summed E-state index contributed by atoms with van der Waals surface area (Å²) in [5.41, 5.74) is 0. The summed E-state index contributed by atoms with van der Waals surface area (Å²) in [5, 5.41) is 11.6. The van der Waals surface area contributed by atoms with Crippen LogP contribution in [0.3, 0.4) is 0 Å². The highest BCUT2D eigenvalue weighted by molar-refractivity contribution is 5.70. The molecule has 2 atom stereocenters. The summed E-state index contributed by atoms with van der Waals surface area (Å²) in [6, 6.07) is -0.729. The van der Waals surface area contributed by atoms with Crippen LogP contribution in [0.25, 0.3) is 0 Å². The van der Waals surface area contributed by atoms with E-state index in [2.05, 4.69) is 62.5 Å². The molecule has 0 radical (unpaired) electrons. The highest BCUT2D eigenvalue weighted by Gasteiger charge is 2.25. The van der Waals surface area contributed by atoms with E-state index in [-0.39, 0.29) is 42.7 Å². The maximum Gasteiger partial charge on any atom is 0.306 e. The monoisotopic (exact) mass is 830 g/mol. The van der Waals surface area contributed by atoms with E-state index in [1.54, 1.807) is 21.1 Å². The number of carboxylic acids is 1. The molecule has 2 unspecified atom stereocenters. The van der Waals surface area contributed by atoms with Crippen LogP contribution in [0.1, 0.15) is 206 Å². The molecular weight excluding hydrogens is 739 g/mol. The molecule has 8 heteroatoms. The summed E-state index contributed by atoms with van der Waals surface area (Å²) >= 11 is 0. The van der Waals surface area contributed by atoms with Crippen LogP contribution < -0.4 is 5.11 Å². The van der Waals surface area contributed by atoms with Gasteiger partial charge in [-0.3, -0.25) is 9.59 Å². The Morgan fingerprint density at radius 3 is 1.34 bits per heavy atom. The molecule has 59 heavy (non-hydrogen) atoms. The standard InChI is InChI=1S/C51H91NO7/c1-6-8-10-12-14-16-18-20-22-24-26-28-30-32-34-36-38-40-42-50(54)59-47(45-57-44-43-48(51(55)56)52(3,4)5)46-58-49(53)41-39-37-35-33-31-29-27-25-23-21-19-17-15-13-11-9-7-2/h15-18,21-24,47-48H,6-14,19-20,25-46H2,1-5H3/b17-15-,18-16-,23-21-,24-22-. The number of aliphatic carboxylic acids is 1. The predicted octanol–water partition coefficient (Wildman–Crippen LogP) is 12.3. The molecule has 0 saturated carbocycles. The Balaban J connectivity index is 4.32. The summed E-state index contributed by atoms with van der Waals surface area (Å²) in [5.74, 6) is -1.75. The van der Waals surface area contributed by atoms with Gasteiger partial charge in [0.05, 0.1) is 40.3 Å². The van der Waals surface area contributed by atoms with Crippen molar-refractivity contribution in [3.8, 4) is 0 Å². The number of unbranched alkanes of at least 4 members (excludes halogenated alkanes) is 21. The number of carbonyl (C=O) groups excluding carboxylic acids is 3. The minimum absolute atomic E-state index is 0.0346. The Morgan fingerprint density at radius 2 is 0.898 bits per heavy atom. The molecular formula is C51H91NO7. The van der Waals surface area contributed by atoms with Crippen molar-refractivity contribution in [1.82, 2.24) is 0 Å². The highest BCUT2D eigenvalue weighted by atomic mass is 16.6. The van der Waals surface area contributed by atoms with Crippen molar-refractivity contribution >= 4 is 17.9 Å². The van der Waals surface area contributed by atoms with E-state index in [9.17, 15) is 19.5 Å². The molecule has 0 heterocycles. The molecule has 0 spiro atoms. The van der Waals surface area contributed by atoms with Gasteiger partial charge in [0.1, 0.15) is 12.6 Å². The quantitative estimate of drug-likeness (QED) is 0.0261. The number of nitrogens with zero attached hydrogens (tertiary/aromatic N) is 1. The molecule has 8 nitrogen and oxygen atoms in total. The second kappa shape index (κ2) is 42.0. The molecule has 0 aliphatic carbocycles. The van der Waals surface area contributed by atoms with Crippen molar-refractivity contribution in [1.29, 1.82) is 0 Å². The van der Waals surface area contributed by atoms with E-state index < -0.39 is 18.1 Å². The Labute approximate surface area is 363 Å². The molecule has 0 fully saturated rings. The lowest BCUT2D eigenvalue weighted by molar-refractivity contribution is -0.889. The number of rotatable bonds is 43. The minimum Gasteiger partial charge on any atom is -0.544 e. The van der Waals surface area contributed by atoms with E-state index in [1.165, 1.54) is 109 Å². The molecule has 0 rings (SSSR count). The van der Waals surface area contributed by atoms with Gasteiger partial charge in [0.25, 0.3) is 0 Å². The number of carboxylic acid groups (broad SMARTS) is 1. The van der Waals surface area contributed by atoms with Crippen LogP contribution in [0.15, 0.2) is 48.6 Å². The fourth-order valence-electron chi connectivity index (χ4n) is 6.90. The number of esters is 2. The molecule has 0 saturated heterocycles. The van der Waals surface area contributed by atoms with Gasteiger partial charge in [0, 0.05) is 19.3 Å². The Morgan fingerprint density at radius 1 is 0.508 bits per heavy atom. The first-order valence-electron chi connectivity index (χ1n) is 24.2. The van der Waals surface area contributed by atoms with Gasteiger partial charge in [-0.15, -0.1) is 0 Å². The normalized spacial score (nSPS) is 13.3. The van der Waals surface area contributed by atoms with E-state index in [4.69, 9.17) is 14.2 Å².